The maximum atomic E-state index is 12.3. The standard InChI is InChI=1S/C10H7BrF6O/c11-8(10(15,16)17)5-18-7-3-1-2-6(4-7)9(12,13)14/h1-4,8H,5H2. The van der Waals surface area contributed by atoms with E-state index in [0.29, 0.717) is 6.07 Å². The van der Waals surface area contributed by atoms with E-state index >= 15 is 0 Å². The van der Waals surface area contributed by atoms with Crippen molar-refractivity contribution >= 4 is 15.9 Å². The fraction of sp³-hybridized carbons (Fsp3) is 0.400. The Bertz CT molecular complexity index is 400. The fourth-order valence-electron chi connectivity index (χ4n) is 1.03. The van der Waals surface area contributed by atoms with Crippen molar-refractivity contribution in [3.63, 3.8) is 0 Å². The first-order valence-electron chi connectivity index (χ1n) is 4.61. The van der Waals surface area contributed by atoms with Gasteiger partial charge < -0.3 is 4.74 Å². The van der Waals surface area contributed by atoms with Crippen LogP contribution in [0.15, 0.2) is 24.3 Å². The summed E-state index contributed by atoms with van der Waals surface area (Å²) in [6, 6.07) is 3.68. The quantitative estimate of drug-likeness (QED) is 0.586. The molecule has 0 aliphatic carbocycles. The molecular formula is C10H7BrF6O. The lowest BCUT2D eigenvalue weighted by Gasteiger charge is -2.15. The number of hydrogen-bond donors (Lipinski definition) is 0. The molecule has 0 amide bonds. The van der Waals surface area contributed by atoms with Gasteiger partial charge in [-0.3, -0.25) is 0 Å². The van der Waals surface area contributed by atoms with Crippen LogP contribution in [0.3, 0.4) is 0 Å². The van der Waals surface area contributed by atoms with E-state index < -0.39 is 29.4 Å². The van der Waals surface area contributed by atoms with Gasteiger partial charge in [0.15, 0.2) is 0 Å². The highest BCUT2D eigenvalue weighted by atomic mass is 79.9. The fourth-order valence-corrected chi connectivity index (χ4v) is 1.16. The molecule has 1 rings (SSSR count). The smallest absolute Gasteiger partial charge is 0.416 e. The highest BCUT2D eigenvalue weighted by Gasteiger charge is 2.38. The molecule has 1 nitrogen and oxygen atoms in total. The third-order valence-corrected chi connectivity index (χ3v) is 2.70. The van der Waals surface area contributed by atoms with Crippen LogP contribution in [0, 0.1) is 0 Å². The number of benzene rings is 1. The first-order chi connectivity index (χ1) is 8.10. The van der Waals surface area contributed by atoms with Crippen LogP contribution in [-0.2, 0) is 6.18 Å². The summed E-state index contributed by atoms with van der Waals surface area (Å²) in [5.74, 6) is -0.265. The Labute approximate surface area is 107 Å². The minimum atomic E-state index is -4.56. The number of hydrogen-bond acceptors (Lipinski definition) is 1. The first kappa shape index (κ1) is 15.1. The minimum Gasteiger partial charge on any atom is -0.492 e. The van der Waals surface area contributed by atoms with Gasteiger partial charge in [0.25, 0.3) is 0 Å². The number of halogens is 7. The van der Waals surface area contributed by atoms with Crippen molar-refractivity contribution in [2.45, 2.75) is 17.2 Å². The van der Waals surface area contributed by atoms with E-state index in [4.69, 9.17) is 0 Å². The molecule has 1 atom stereocenters. The molecule has 1 aromatic carbocycles. The molecule has 1 aromatic rings. The zero-order chi connectivity index (χ0) is 14.0. The molecule has 0 saturated carbocycles. The molecule has 0 aliphatic heterocycles. The lowest BCUT2D eigenvalue weighted by atomic mass is 10.2. The summed E-state index contributed by atoms with van der Waals surface area (Å²) in [4.78, 5) is -1.93. The maximum Gasteiger partial charge on any atom is 0.416 e. The number of ether oxygens (including phenoxy) is 1. The van der Waals surface area contributed by atoms with E-state index in [0.717, 1.165) is 18.2 Å². The van der Waals surface area contributed by atoms with E-state index in [1.165, 1.54) is 0 Å². The summed E-state index contributed by atoms with van der Waals surface area (Å²) in [5, 5.41) is 0. The van der Waals surface area contributed by atoms with Gasteiger partial charge >= 0.3 is 12.4 Å². The van der Waals surface area contributed by atoms with Gasteiger partial charge in [0.2, 0.25) is 0 Å². The Morgan fingerprint density at radius 2 is 1.72 bits per heavy atom. The SMILES string of the molecule is FC(F)(F)c1cccc(OCC(Br)C(F)(F)F)c1. The van der Waals surface area contributed by atoms with Gasteiger partial charge in [0.1, 0.15) is 17.2 Å². The zero-order valence-corrected chi connectivity index (χ0v) is 10.2. The van der Waals surface area contributed by atoms with Crippen molar-refractivity contribution in [3.05, 3.63) is 29.8 Å². The van der Waals surface area contributed by atoms with Crippen LogP contribution in [0.4, 0.5) is 26.3 Å². The molecule has 1 unspecified atom stereocenters. The van der Waals surface area contributed by atoms with Crippen molar-refractivity contribution in [1.82, 2.24) is 0 Å². The normalized spacial score (nSPS) is 14.4. The molecule has 0 N–H and O–H groups in total. The van der Waals surface area contributed by atoms with E-state index in [2.05, 4.69) is 20.7 Å². The van der Waals surface area contributed by atoms with E-state index in [-0.39, 0.29) is 5.75 Å². The summed E-state index contributed by atoms with van der Waals surface area (Å²) >= 11 is 2.34. The van der Waals surface area contributed by atoms with Crippen LogP contribution in [0.5, 0.6) is 5.75 Å². The largest absolute Gasteiger partial charge is 0.492 e. The molecule has 102 valence electrons. The monoisotopic (exact) mass is 336 g/mol. The van der Waals surface area contributed by atoms with Gasteiger partial charge in [-0.05, 0) is 18.2 Å². The molecule has 8 heteroatoms. The lowest BCUT2D eigenvalue weighted by Crippen LogP contribution is -2.28. The predicted octanol–water partition coefficient (Wildman–Crippen LogP) is 4.41. The molecule has 0 radical (unpaired) electrons. The van der Waals surface area contributed by atoms with Gasteiger partial charge in [-0.2, -0.15) is 26.3 Å². The third-order valence-electron chi connectivity index (χ3n) is 1.91. The van der Waals surface area contributed by atoms with Crippen molar-refractivity contribution in [3.8, 4) is 5.75 Å². The maximum absolute atomic E-state index is 12.3. The third kappa shape index (κ3) is 4.40. The predicted molar refractivity (Wildman–Crippen MR) is 55.7 cm³/mol. The Morgan fingerprint density at radius 3 is 2.22 bits per heavy atom. The molecule has 0 heterocycles. The number of rotatable bonds is 3. The lowest BCUT2D eigenvalue weighted by molar-refractivity contribution is -0.138. The summed E-state index contributed by atoms with van der Waals surface area (Å²) in [6.07, 6.45) is -9.07. The molecule has 18 heavy (non-hydrogen) atoms. The van der Waals surface area contributed by atoms with Crippen LogP contribution < -0.4 is 4.74 Å². The van der Waals surface area contributed by atoms with E-state index in [1.807, 2.05) is 0 Å². The highest BCUT2D eigenvalue weighted by Crippen LogP contribution is 2.32. The Hall–Kier alpha value is -0.920. The second-order valence-corrected chi connectivity index (χ2v) is 4.45. The highest BCUT2D eigenvalue weighted by molar-refractivity contribution is 9.09. The molecule has 0 aliphatic rings. The average Bonchev–Trinajstić information content (AvgIpc) is 2.23. The number of alkyl halides is 7. The Kier molecular flexibility index (Phi) is 4.52. The van der Waals surface area contributed by atoms with Crippen molar-refractivity contribution < 1.29 is 31.1 Å². The van der Waals surface area contributed by atoms with Crippen LogP contribution in [0.25, 0.3) is 0 Å². The van der Waals surface area contributed by atoms with Crippen molar-refractivity contribution in [2.24, 2.45) is 0 Å². The molecule has 0 bridgehead atoms. The van der Waals surface area contributed by atoms with E-state index in [1.54, 1.807) is 0 Å². The molecular weight excluding hydrogens is 330 g/mol. The molecule has 0 saturated heterocycles. The van der Waals surface area contributed by atoms with Gasteiger partial charge in [-0.15, -0.1) is 0 Å². The zero-order valence-electron chi connectivity index (χ0n) is 8.65. The van der Waals surface area contributed by atoms with Crippen molar-refractivity contribution in [1.29, 1.82) is 0 Å². The topological polar surface area (TPSA) is 9.23 Å². The van der Waals surface area contributed by atoms with Gasteiger partial charge in [0.05, 0.1) is 5.56 Å². The summed E-state index contributed by atoms with van der Waals surface area (Å²) < 4.78 is 77.9. The molecule has 0 fully saturated rings. The summed E-state index contributed by atoms with van der Waals surface area (Å²) in [5.41, 5.74) is -0.974. The Morgan fingerprint density at radius 1 is 1.11 bits per heavy atom. The van der Waals surface area contributed by atoms with Crippen molar-refractivity contribution in [2.75, 3.05) is 6.61 Å². The average molecular weight is 337 g/mol. The Balaban J connectivity index is 2.69. The first-order valence-corrected chi connectivity index (χ1v) is 5.53. The molecule has 0 spiro atoms. The van der Waals surface area contributed by atoms with Gasteiger partial charge in [-0.25, -0.2) is 0 Å². The van der Waals surface area contributed by atoms with Gasteiger partial charge in [0, 0.05) is 0 Å². The van der Waals surface area contributed by atoms with Crippen LogP contribution in [-0.4, -0.2) is 17.6 Å². The van der Waals surface area contributed by atoms with Crippen LogP contribution in [0.2, 0.25) is 0 Å². The second kappa shape index (κ2) is 5.38. The van der Waals surface area contributed by atoms with Gasteiger partial charge in [-0.1, -0.05) is 22.0 Å². The minimum absolute atomic E-state index is 0.265. The van der Waals surface area contributed by atoms with Crippen LogP contribution in [0.1, 0.15) is 5.56 Å². The molecule has 0 aromatic heterocycles. The summed E-state index contributed by atoms with van der Waals surface area (Å²) in [6.45, 7) is -0.801. The second-order valence-electron chi connectivity index (χ2n) is 3.35. The summed E-state index contributed by atoms with van der Waals surface area (Å²) in [7, 11) is 0. The van der Waals surface area contributed by atoms with E-state index in [9.17, 15) is 26.3 Å². The van der Waals surface area contributed by atoms with Crippen LogP contribution >= 0.6 is 15.9 Å².